The highest BCUT2D eigenvalue weighted by atomic mass is 16.3. The van der Waals surface area contributed by atoms with Crippen LogP contribution in [0.5, 0.6) is 5.75 Å². The number of hydrogen-bond acceptors (Lipinski definition) is 7. The van der Waals surface area contributed by atoms with Crippen molar-refractivity contribution >= 4 is 23.1 Å². The van der Waals surface area contributed by atoms with Crippen molar-refractivity contribution in [1.29, 1.82) is 0 Å². The van der Waals surface area contributed by atoms with Crippen LogP contribution >= 0.6 is 0 Å². The van der Waals surface area contributed by atoms with Gasteiger partial charge >= 0.3 is 0 Å². The molecule has 0 radical (unpaired) electrons. The van der Waals surface area contributed by atoms with Crippen LogP contribution in [0, 0.1) is 17.8 Å². The molecule has 2 saturated carbocycles. The molecule has 3 N–H and O–H groups in total. The number of aromatic hydroxyl groups is 1. The predicted octanol–water partition coefficient (Wildman–Crippen LogP) is 2.79. The van der Waals surface area contributed by atoms with Crippen molar-refractivity contribution < 1.29 is 29.7 Å². The molecule has 1 aliphatic heterocycles. The van der Waals surface area contributed by atoms with Gasteiger partial charge in [-0.15, -0.1) is 0 Å². The maximum Gasteiger partial charge on any atom is 0.180 e. The molecule has 1 aromatic rings. The molecule has 4 atom stereocenters. The third kappa shape index (κ3) is 2.86. The van der Waals surface area contributed by atoms with E-state index in [-0.39, 0.29) is 46.6 Å². The average Bonchev–Trinajstić information content (AvgIpc) is 3.13. The number of Topliss-reactive ketones (excluding diaryl/α,β-unsaturated/α-hetero) is 3. The number of carbonyl (C=O) groups excluding carboxylic acids is 3. The Morgan fingerprint density at radius 2 is 1.87 bits per heavy atom. The fourth-order valence-corrected chi connectivity index (χ4v) is 6.09. The zero-order chi connectivity index (χ0) is 22.0. The summed E-state index contributed by atoms with van der Waals surface area (Å²) >= 11 is 0. The number of hydrogen-bond donors (Lipinski definition) is 3. The minimum absolute atomic E-state index is 0.0318. The summed E-state index contributed by atoms with van der Waals surface area (Å²) < 4.78 is 0. The van der Waals surface area contributed by atoms with Gasteiger partial charge in [-0.1, -0.05) is 6.07 Å². The van der Waals surface area contributed by atoms with Crippen molar-refractivity contribution in [3.05, 3.63) is 46.2 Å². The Hall–Kier alpha value is -2.93. The first-order valence-electron chi connectivity index (χ1n) is 10.8. The van der Waals surface area contributed by atoms with Crippen LogP contribution in [-0.4, -0.2) is 51.2 Å². The Morgan fingerprint density at radius 3 is 2.55 bits per heavy atom. The number of likely N-dealkylation sites (tertiary alicyclic amines) is 1. The molecule has 1 aromatic carbocycles. The summed E-state index contributed by atoms with van der Waals surface area (Å²) in [6, 6.07) is 3.88. The maximum atomic E-state index is 13.3. The van der Waals surface area contributed by atoms with E-state index in [1.807, 2.05) is 6.07 Å². The number of benzene rings is 1. The van der Waals surface area contributed by atoms with Gasteiger partial charge in [0.25, 0.3) is 0 Å². The topological polar surface area (TPSA) is 115 Å². The van der Waals surface area contributed by atoms with E-state index < -0.39 is 29.2 Å². The second-order valence-corrected chi connectivity index (χ2v) is 9.25. The van der Waals surface area contributed by atoms with Gasteiger partial charge in [-0.25, -0.2) is 0 Å². The highest BCUT2D eigenvalue weighted by Gasteiger charge is 2.52. The van der Waals surface area contributed by atoms with Crippen molar-refractivity contribution in [2.24, 2.45) is 17.8 Å². The van der Waals surface area contributed by atoms with Crippen molar-refractivity contribution in [3.8, 4) is 5.75 Å². The lowest BCUT2D eigenvalue weighted by Crippen LogP contribution is -2.47. The predicted molar refractivity (Wildman–Crippen MR) is 111 cm³/mol. The zero-order valence-corrected chi connectivity index (χ0v) is 17.3. The van der Waals surface area contributed by atoms with Crippen molar-refractivity contribution in [1.82, 2.24) is 4.90 Å². The highest BCUT2D eigenvalue weighted by Crippen LogP contribution is 2.49. The fraction of sp³-hybridized carbons (Fsp3) is 0.458. The Kier molecular flexibility index (Phi) is 4.55. The number of phenolic OH excluding ortho intramolecular Hbond substituents is 1. The summed E-state index contributed by atoms with van der Waals surface area (Å²) in [6.45, 7) is 0.990. The molecule has 7 heteroatoms. The number of aliphatic hydroxyl groups excluding tert-OH is 2. The lowest BCUT2D eigenvalue weighted by Gasteiger charge is -2.40. The minimum atomic E-state index is -1.07. The monoisotopic (exact) mass is 423 g/mol. The molecule has 162 valence electrons. The van der Waals surface area contributed by atoms with E-state index in [1.165, 1.54) is 0 Å². The van der Waals surface area contributed by atoms with Gasteiger partial charge in [0, 0.05) is 18.0 Å². The molecule has 0 bridgehead atoms. The first-order chi connectivity index (χ1) is 14.8. The quantitative estimate of drug-likeness (QED) is 0.275. The van der Waals surface area contributed by atoms with Crippen LogP contribution in [0.4, 0.5) is 0 Å². The van der Waals surface area contributed by atoms with Crippen LogP contribution in [0.15, 0.2) is 29.5 Å². The van der Waals surface area contributed by atoms with E-state index in [4.69, 9.17) is 0 Å². The number of carbonyl (C=O) groups is 3. The second kappa shape index (κ2) is 7.05. The van der Waals surface area contributed by atoms with Gasteiger partial charge in [-0.3, -0.25) is 19.3 Å². The van der Waals surface area contributed by atoms with E-state index in [9.17, 15) is 29.7 Å². The first-order valence-corrected chi connectivity index (χ1v) is 10.8. The van der Waals surface area contributed by atoms with Crippen LogP contribution in [0.3, 0.4) is 0 Å². The average molecular weight is 423 g/mol. The molecule has 0 spiro atoms. The SMILES string of the molecule is CN1CCCC1c1cc(O)c2c(c1)CC1CC3CC(=O)C(=CO)C(=O)C3C(=O)C1=C2O. The first kappa shape index (κ1) is 20.0. The summed E-state index contributed by atoms with van der Waals surface area (Å²) in [7, 11) is 2.05. The largest absolute Gasteiger partial charge is 0.515 e. The third-order valence-corrected chi connectivity index (χ3v) is 7.52. The smallest absolute Gasteiger partial charge is 0.180 e. The van der Waals surface area contributed by atoms with Gasteiger partial charge in [0.05, 0.1) is 23.3 Å². The number of ketones is 3. The summed E-state index contributed by atoms with van der Waals surface area (Å²) in [5, 5.41) is 31.0. The van der Waals surface area contributed by atoms with Gasteiger partial charge in [-0.2, -0.15) is 0 Å². The molecule has 0 amide bonds. The van der Waals surface area contributed by atoms with Crippen LogP contribution in [0.1, 0.15) is 48.4 Å². The minimum Gasteiger partial charge on any atom is -0.515 e. The summed E-state index contributed by atoms with van der Waals surface area (Å²) in [4.78, 5) is 40.4. The standard InChI is InChI=1S/C24H25NO6/c1-25-4-2-3-16(25)11-5-12-6-13-7-14-9-17(27)15(10-26)22(29)20(14)24(31)21(13)23(30)19(12)18(28)8-11/h5,8,10,13-14,16,20,26,28,30H,2-4,6-7,9H2,1H3. The van der Waals surface area contributed by atoms with E-state index in [2.05, 4.69) is 11.9 Å². The Balaban J connectivity index is 1.58. The summed E-state index contributed by atoms with van der Waals surface area (Å²) in [5.41, 5.74) is 1.86. The molecular formula is C24H25NO6. The molecule has 1 heterocycles. The summed E-state index contributed by atoms with van der Waals surface area (Å²) in [5.74, 6) is -3.76. The number of aliphatic hydroxyl groups is 2. The summed E-state index contributed by atoms with van der Waals surface area (Å²) in [6.07, 6.45) is 3.49. The van der Waals surface area contributed by atoms with E-state index in [0.29, 0.717) is 19.1 Å². The number of allylic oxidation sites excluding steroid dienone is 2. The van der Waals surface area contributed by atoms with Gasteiger partial charge in [0.1, 0.15) is 11.5 Å². The van der Waals surface area contributed by atoms with Crippen LogP contribution in [0.2, 0.25) is 0 Å². The fourth-order valence-electron chi connectivity index (χ4n) is 6.09. The van der Waals surface area contributed by atoms with Crippen LogP contribution < -0.4 is 0 Å². The van der Waals surface area contributed by atoms with Gasteiger partial charge in [0.2, 0.25) is 0 Å². The lowest BCUT2D eigenvalue weighted by atomic mass is 9.60. The Morgan fingerprint density at radius 1 is 1.10 bits per heavy atom. The van der Waals surface area contributed by atoms with Crippen molar-refractivity contribution in [2.75, 3.05) is 13.6 Å². The molecule has 7 nitrogen and oxygen atoms in total. The highest BCUT2D eigenvalue weighted by molar-refractivity contribution is 6.30. The molecule has 3 aliphatic carbocycles. The van der Waals surface area contributed by atoms with Crippen molar-refractivity contribution in [3.63, 3.8) is 0 Å². The zero-order valence-electron chi connectivity index (χ0n) is 17.3. The van der Waals surface area contributed by atoms with Gasteiger partial charge in [0.15, 0.2) is 17.3 Å². The molecule has 31 heavy (non-hydrogen) atoms. The van der Waals surface area contributed by atoms with E-state index in [0.717, 1.165) is 30.5 Å². The molecule has 5 rings (SSSR count). The normalized spacial score (nSPS) is 32.3. The van der Waals surface area contributed by atoms with E-state index >= 15 is 0 Å². The lowest BCUT2D eigenvalue weighted by molar-refractivity contribution is -0.137. The molecule has 4 unspecified atom stereocenters. The van der Waals surface area contributed by atoms with Crippen LogP contribution in [0.25, 0.3) is 5.76 Å². The second-order valence-electron chi connectivity index (χ2n) is 9.25. The van der Waals surface area contributed by atoms with Crippen molar-refractivity contribution in [2.45, 2.75) is 38.1 Å². The van der Waals surface area contributed by atoms with Crippen LogP contribution in [-0.2, 0) is 20.8 Å². The molecule has 4 aliphatic rings. The molecule has 3 fully saturated rings. The molecule has 1 saturated heterocycles. The van der Waals surface area contributed by atoms with E-state index in [1.54, 1.807) is 6.07 Å². The van der Waals surface area contributed by atoms with Gasteiger partial charge in [-0.05, 0) is 68.3 Å². The maximum absolute atomic E-state index is 13.3. The van der Waals surface area contributed by atoms with Gasteiger partial charge < -0.3 is 15.3 Å². The Labute approximate surface area is 179 Å². The molecule has 0 aromatic heterocycles. The number of rotatable bonds is 1. The number of nitrogens with zero attached hydrogens (tertiary/aromatic N) is 1. The Bertz CT molecular complexity index is 1080. The molecular weight excluding hydrogens is 398 g/mol. The number of phenols is 1. The number of fused-ring (bicyclic) bond motifs is 3. The third-order valence-electron chi connectivity index (χ3n) is 7.52.